The van der Waals surface area contributed by atoms with Crippen molar-refractivity contribution in [3.8, 4) is 11.1 Å². The van der Waals surface area contributed by atoms with Crippen molar-refractivity contribution < 1.29 is 12.8 Å². The molecule has 1 saturated carbocycles. The van der Waals surface area contributed by atoms with Gasteiger partial charge in [0.15, 0.2) is 0 Å². The van der Waals surface area contributed by atoms with Gasteiger partial charge in [-0.2, -0.15) is 0 Å². The Bertz CT molecular complexity index is 1330. The minimum atomic E-state index is -3.34. The topological polar surface area (TPSA) is 51.1 Å². The van der Waals surface area contributed by atoms with Crippen molar-refractivity contribution in [2.75, 3.05) is 0 Å². The van der Waals surface area contributed by atoms with Crippen LogP contribution in [-0.2, 0) is 36.0 Å². The first-order valence-corrected chi connectivity index (χ1v) is 14.1. The SMILES string of the molecule is CC(C)(C)Cn1cc(CNS(=O)(=O)C2CCC2)c2cc(F)c(-c3cccc4c3CCCC4)cc21. The molecule has 5 rings (SSSR count). The molecule has 0 aliphatic heterocycles. The van der Waals surface area contributed by atoms with Crippen molar-refractivity contribution in [1.29, 1.82) is 0 Å². The number of nitrogens with zero attached hydrogens (tertiary/aromatic N) is 1. The second-order valence-electron chi connectivity index (χ2n) is 11.3. The number of benzene rings is 2. The fraction of sp³-hybridized carbons (Fsp3) is 0.500. The van der Waals surface area contributed by atoms with Crippen LogP contribution in [0.25, 0.3) is 22.0 Å². The smallest absolute Gasteiger partial charge is 0.214 e. The lowest BCUT2D eigenvalue weighted by Crippen LogP contribution is -2.38. The zero-order chi connectivity index (χ0) is 24.1. The van der Waals surface area contributed by atoms with Gasteiger partial charge >= 0.3 is 0 Å². The van der Waals surface area contributed by atoms with Crippen molar-refractivity contribution in [1.82, 2.24) is 9.29 Å². The van der Waals surface area contributed by atoms with Gasteiger partial charge in [-0.15, -0.1) is 0 Å². The summed E-state index contributed by atoms with van der Waals surface area (Å²) in [5.74, 6) is -0.247. The van der Waals surface area contributed by atoms with Gasteiger partial charge in [-0.25, -0.2) is 17.5 Å². The molecule has 1 fully saturated rings. The molecule has 1 heterocycles. The van der Waals surface area contributed by atoms with Crippen molar-refractivity contribution in [3.05, 3.63) is 59.0 Å². The molecule has 1 N–H and O–H groups in total. The standard InChI is InChI=1S/C28H35FN2O2S/c1-28(2,3)18-31-17-20(16-30-34(32,33)21-10-7-11-21)24-14-26(29)25(15-27(24)31)23-13-6-9-19-8-4-5-12-22(19)23/h6,9,13-15,17,21,30H,4-5,7-8,10-12,16,18H2,1-3H3. The summed E-state index contributed by atoms with van der Waals surface area (Å²) < 4.78 is 45.8. The lowest BCUT2D eigenvalue weighted by atomic mass is 9.85. The van der Waals surface area contributed by atoms with Gasteiger partial charge in [-0.05, 0) is 78.3 Å². The van der Waals surface area contributed by atoms with Gasteiger partial charge in [0.2, 0.25) is 10.0 Å². The largest absolute Gasteiger partial charge is 0.347 e. The molecule has 34 heavy (non-hydrogen) atoms. The molecule has 2 aliphatic rings. The third kappa shape index (κ3) is 4.55. The van der Waals surface area contributed by atoms with E-state index in [0.29, 0.717) is 5.56 Å². The molecule has 0 spiro atoms. The van der Waals surface area contributed by atoms with Gasteiger partial charge in [0.25, 0.3) is 0 Å². The van der Waals surface area contributed by atoms with E-state index in [0.717, 1.165) is 67.1 Å². The first kappa shape index (κ1) is 23.6. The average Bonchev–Trinajstić information content (AvgIpc) is 3.04. The molecule has 6 heteroatoms. The molecule has 2 aliphatic carbocycles. The van der Waals surface area contributed by atoms with E-state index in [1.807, 2.05) is 24.4 Å². The highest BCUT2D eigenvalue weighted by Crippen LogP contribution is 2.37. The van der Waals surface area contributed by atoms with Crippen molar-refractivity contribution in [2.45, 2.75) is 84.1 Å². The second kappa shape index (κ2) is 8.80. The fourth-order valence-electron chi connectivity index (χ4n) is 5.38. The summed E-state index contributed by atoms with van der Waals surface area (Å²) in [5.41, 5.74) is 6.04. The van der Waals surface area contributed by atoms with Gasteiger partial charge in [0.1, 0.15) is 5.82 Å². The van der Waals surface area contributed by atoms with E-state index in [2.05, 4.69) is 36.1 Å². The summed E-state index contributed by atoms with van der Waals surface area (Å²) >= 11 is 0. The summed E-state index contributed by atoms with van der Waals surface area (Å²) in [5, 5.41) is 0.495. The Kier molecular flexibility index (Phi) is 6.09. The van der Waals surface area contributed by atoms with Crippen LogP contribution in [0.4, 0.5) is 4.39 Å². The third-order valence-corrected chi connectivity index (χ3v) is 9.23. The van der Waals surface area contributed by atoms with Crippen molar-refractivity contribution >= 4 is 20.9 Å². The number of rotatable bonds is 6. The van der Waals surface area contributed by atoms with E-state index >= 15 is 4.39 Å². The summed E-state index contributed by atoms with van der Waals surface area (Å²) in [4.78, 5) is 0. The molecule has 3 aromatic rings. The maximum Gasteiger partial charge on any atom is 0.214 e. The number of hydrogen-bond acceptors (Lipinski definition) is 2. The first-order valence-electron chi connectivity index (χ1n) is 12.5. The number of halogens is 1. The van der Waals surface area contributed by atoms with Crippen LogP contribution in [-0.4, -0.2) is 18.2 Å². The Labute approximate surface area is 202 Å². The predicted molar refractivity (Wildman–Crippen MR) is 137 cm³/mol. The van der Waals surface area contributed by atoms with Crippen LogP contribution in [0.3, 0.4) is 0 Å². The number of aromatic nitrogens is 1. The van der Waals surface area contributed by atoms with E-state index in [9.17, 15) is 8.42 Å². The molecule has 2 aromatic carbocycles. The number of fused-ring (bicyclic) bond motifs is 2. The van der Waals surface area contributed by atoms with Crippen molar-refractivity contribution in [2.24, 2.45) is 5.41 Å². The van der Waals surface area contributed by atoms with Crippen LogP contribution >= 0.6 is 0 Å². The minimum absolute atomic E-state index is 0.0229. The molecule has 0 unspecified atom stereocenters. The van der Waals surface area contributed by atoms with Crippen LogP contribution in [0.1, 0.15) is 69.6 Å². The fourth-order valence-corrected chi connectivity index (χ4v) is 6.93. The maximum atomic E-state index is 15.6. The minimum Gasteiger partial charge on any atom is -0.347 e. The second-order valence-corrected chi connectivity index (χ2v) is 13.3. The average molecular weight is 483 g/mol. The number of sulfonamides is 1. The van der Waals surface area contributed by atoms with Gasteiger partial charge in [0, 0.05) is 35.8 Å². The Morgan fingerprint density at radius 2 is 1.82 bits per heavy atom. The normalized spacial score (nSPS) is 17.1. The van der Waals surface area contributed by atoms with E-state index in [4.69, 9.17) is 0 Å². The van der Waals surface area contributed by atoms with Crippen LogP contribution < -0.4 is 4.72 Å². The van der Waals surface area contributed by atoms with E-state index < -0.39 is 10.0 Å². The van der Waals surface area contributed by atoms with E-state index in [1.165, 1.54) is 17.5 Å². The molecule has 0 atom stereocenters. The Morgan fingerprint density at radius 1 is 1.06 bits per heavy atom. The summed E-state index contributed by atoms with van der Waals surface area (Å²) in [6, 6.07) is 9.84. The molecule has 182 valence electrons. The van der Waals surface area contributed by atoms with Gasteiger partial charge in [-0.3, -0.25) is 0 Å². The number of nitrogens with one attached hydrogen (secondary N) is 1. The predicted octanol–water partition coefficient (Wildman–Crippen LogP) is 6.34. The molecular formula is C28H35FN2O2S. The Balaban J connectivity index is 1.58. The zero-order valence-electron chi connectivity index (χ0n) is 20.5. The van der Waals surface area contributed by atoms with E-state index in [-0.39, 0.29) is 23.0 Å². The highest BCUT2D eigenvalue weighted by Gasteiger charge is 2.31. The van der Waals surface area contributed by atoms with Crippen LogP contribution in [0.5, 0.6) is 0 Å². The third-order valence-electron chi connectivity index (χ3n) is 7.34. The maximum absolute atomic E-state index is 15.6. The highest BCUT2D eigenvalue weighted by molar-refractivity contribution is 7.90. The lowest BCUT2D eigenvalue weighted by Gasteiger charge is -2.25. The molecule has 4 nitrogen and oxygen atoms in total. The van der Waals surface area contributed by atoms with Crippen LogP contribution in [0.2, 0.25) is 0 Å². The number of aryl methyl sites for hydroxylation is 1. The molecule has 0 saturated heterocycles. The zero-order valence-corrected chi connectivity index (χ0v) is 21.3. The summed E-state index contributed by atoms with van der Waals surface area (Å²) in [6.07, 6.45) is 8.78. The molecule has 0 amide bonds. The lowest BCUT2D eigenvalue weighted by molar-refractivity contribution is 0.349. The quantitative estimate of drug-likeness (QED) is 0.445. The van der Waals surface area contributed by atoms with Crippen LogP contribution in [0.15, 0.2) is 36.5 Å². The van der Waals surface area contributed by atoms with Gasteiger partial charge < -0.3 is 4.57 Å². The van der Waals surface area contributed by atoms with Crippen molar-refractivity contribution in [3.63, 3.8) is 0 Å². The summed E-state index contributed by atoms with van der Waals surface area (Å²) in [6.45, 7) is 7.48. The monoisotopic (exact) mass is 482 g/mol. The summed E-state index contributed by atoms with van der Waals surface area (Å²) in [7, 11) is -3.34. The molecule has 0 bridgehead atoms. The Hall–Kier alpha value is -2.18. The van der Waals surface area contributed by atoms with Gasteiger partial charge in [-0.1, -0.05) is 45.4 Å². The molecular weight excluding hydrogens is 447 g/mol. The Morgan fingerprint density at radius 3 is 2.53 bits per heavy atom. The molecule has 0 radical (unpaired) electrons. The van der Waals surface area contributed by atoms with Gasteiger partial charge in [0.05, 0.1) is 5.25 Å². The highest BCUT2D eigenvalue weighted by atomic mass is 32.2. The molecule has 1 aromatic heterocycles. The first-order chi connectivity index (χ1) is 16.1. The van der Waals surface area contributed by atoms with Crippen LogP contribution in [0, 0.1) is 11.2 Å². The number of hydrogen-bond donors (Lipinski definition) is 1. The van der Waals surface area contributed by atoms with E-state index in [1.54, 1.807) is 6.07 Å².